The molecule has 0 unspecified atom stereocenters. The number of carbonyl (C=O) groups is 4. The highest BCUT2D eigenvalue weighted by atomic mass is 35.5. The Bertz CT molecular complexity index is 1140. The molecule has 1 atom stereocenters. The number of likely N-dealkylation sites (N-methyl/N-ethyl adjacent to an activating group) is 1. The van der Waals surface area contributed by atoms with E-state index in [9.17, 15) is 19.2 Å². The van der Waals surface area contributed by atoms with Crippen LogP contribution in [0, 0.1) is 0 Å². The van der Waals surface area contributed by atoms with Crippen LogP contribution in [-0.2, 0) is 24.6 Å². The summed E-state index contributed by atoms with van der Waals surface area (Å²) in [6, 6.07) is 16.2. The molecule has 2 saturated heterocycles. The summed E-state index contributed by atoms with van der Waals surface area (Å²) in [5.74, 6) is -1.28. The Kier molecular flexibility index (Phi) is 7.23. The molecule has 0 aliphatic carbocycles. The van der Waals surface area contributed by atoms with Gasteiger partial charge in [-0.2, -0.15) is 0 Å². The van der Waals surface area contributed by atoms with Gasteiger partial charge in [-0.25, -0.2) is 0 Å². The fraction of sp³-hybridized carbons (Fsp3) is 0.385. The number of amides is 4. The number of imide groups is 1. The smallest absolute Gasteiger partial charge is 0.246 e. The molecule has 2 heterocycles. The summed E-state index contributed by atoms with van der Waals surface area (Å²) >= 11 is 6.49. The van der Waals surface area contributed by atoms with E-state index in [0.29, 0.717) is 30.2 Å². The van der Waals surface area contributed by atoms with Crippen molar-refractivity contribution in [1.82, 2.24) is 14.7 Å². The molecule has 2 aromatic carbocycles. The van der Waals surface area contributed by atoms with Crippen LogP contribution >= 0.6 is 11.6 Å². The van der Waals surface area contributed by atoms with Gasteiger partial charge in [-0.05, 0) is 37.9 Å². The first-order valence-corrected chi connectivity index (χ1v) is 12.0. The Hall–Kier alpha value is -3.23. The molecule has 35 heavy (non-hydrogen) atoms. The normalized spacial score (nSPS) is 20.8. The van der Waals surface area contributed by atoms with Crippen molar-refractivity contribution in [3.05, 3.63) is 65.2 Å². The Morgan fingerprint density at radius 1 is 0.971 bits per heavy atom. The lowest BCUT2D eigenvalue weighted by atomic mass is 9.75. The molecule has 0 radical (unpaired) electrons. The lowest BCUT2D eigenvalue weighted by molar-refractivity contribution is -0.143. The summed E-state index contributed by atoms with van der Waals surface area (Å²) in [6.07, 6.45) is -0.356. The number of anilines is 1. The molecule has 0 aromatic heterocycles. The van der Waals surface area contributed by atoms with Crippen molar-refractivity contribution in [2.24, 2.45) is 0 Å². The Balaban J connectivity index is 1.58. The van der Waals surface area contributed by atoms with Crippen LogP contribution in [0.5, 0.6) is 0 Å². The zero-order chi connectivity index (χ0) is 25.2. The van der Waals surface area contributed by atoms with E-state index < -0.39 is 11.3 Å². The number of hydrogen-bond donors (Lipinski definition) is 0. The standard InChI is InChI=1S/C26H29ClN4O4/c1-28(2)12-14-31-23(33)17-26(25(31)35,20-10-6-7-11-21(20)27)16-22(32)29-13-15-30(24(34)18-29)19-8-4-3-5-9-19/h3-11H,12-18H2,1-2H3/t26-/m0/s1. The van der Waals surface area contributed by atoms with Crippen LogP contribution in [0.1, 0.15) is 18.4 Å². The van der Waals surface area contributed by atoms with Crippen molar-refractivity contribution in [1.29, 1.82) is 0 Å². The number of halogens is 1. The van der Waals surface area contributed by atoms with Crippen LogP contribution in [0.15, 0.2) is 54.6 Å². The Labute approximate surface area is 210 Å². The van der Waals surface area contributed by atoms with E-state index in [4.69, 9.17) is 11.6 Å². The summed E-state index contributed by atoms with van der Waals surface area (Å²) in [5.41, 5.74) is -0.140. The number of hydrogen-bond acceptors (Lipinski definition) is 5. The van der Waals surface area contributed by atoms with Gasteiger partial charge in [-0.3, -0.25) is 24.1 Å². The average molecular weight is 497 g/mol. The molecule has 184 valence electrons. The Morgan fingerprint density at radius 3 is 2.31 bits per heavy atom. The van der Waals surface area contributed by atoms with E-state index in [2.05, 4.69) is 0 Å². The highest BCUT2D eigenvalue weighted by molar-refractivity contribution is 6.32. The topological polar surface area (TPSA) is 81.2 Å². The summed E-state index contributed by atoms with van der Waals surface area (Å²) in [6.45, 7) is 1.36. The first kappa shape index (κ1) is 24.9. The number of piperazine rings is 1. The summed E-state index contributed by atoms with van der Waals surface area (Å²) < 4.78 is 0. The molecule has 9 heteroatoms. The maximum absolute atomic E-state index is 13.7. The van der Waals surface area contributed by atoms with Gasteiger partial charge < -0.3 is 14.7 Å². The molecule has 0 N–H and O–H groups in total. The number of nitrogens with zero attached hydrogens (tertiary/aromatic N) is 4. The van der Waals surface area contributed by atoms with Crippen LogP contribution < -0.4 is 4.90 Å². The van der Waals surface area contributed by atoms with Crippen molar-refractivity contribution >= 4 is 40.9 Å². The van der Waals surface area contributed by atoms with Gasteiger partial charge in [0, 0.05) is 49.7 Å². The van der Waals surface area contributed by atoms with Gasteiger partial charge in [0.1, 0.15) is 6.54 Å². The molecule has 2 aromatic rings. The molecular formula is C26H29ClN4O4. The van der Waals surface area contributed by atoms with E-state index in [1.165, 1.54) is 9.80 Å². The quantitative estimate of drug-likeness (QED) is 0.549. The molecule has 2 aliphatic heterocycles. The minimum Gasteiger partial charge on any atom is -0.332 e. The van der Waals surface area contributed by atoms with Gasteiger partial charge in [0.2, 0.25) is 23.6 Å². The molecule has 4 amide bonds. The van der Waals surface area contributed by atoms with E-state index >= 15 is 0 Å². The number of para-hydroxylation sites is 1. The van der Waals surface area contributed by atoms with Crippen LogP contribution in [0.2, 0.25) is 5.02 Å². The summed E-state index contributed by atoms with van der Waals surface area (Å²) in [4.78, 5) is 59.2. The van der Waals surface area contributed by atoms with E-state index in [0.717, 1.165) is 5.69 Å². The second-order valence-electron chi connectivity index (χ2n) is 9.27. The number of benzene rings is 2. The van der Waals surface area contributed by atoms with Gasteiger partial charge in [0.15, 0.2) is 0 Å². The molecular weight excluding hydrogens is 468 g/mol. The number of carbonyl (C=O) groups excluding carboxylic acids is 4. The average Bonchev–Trinajstić information content (AvgIpc) is 3.07. The lowest BCUT2D eigenvalue weighted by Crippen LogP contribution is -2.54. The fourth-order valence-electron chi connectivity index (χ4n) is 4.76. The fourth-order valence-corrected chi connectivity index (χ4v) is 5.07. The SMILES string of the molecule is CN(C)CCN1C(=O)C[C@@](CC(=O)N2CCN(c3ccccc3)C(=O)C2)(c2ccccc2Cl)C1=O. The third kappa shape index (κ3) is 4.94. The van der Waals surface area contributed by atoms with Gasteiger partial charge in [0.05, 0.1) is 5.41 Å². The first-order valence-electron chi connectivity index (χ1n) is 11.6. The van der Waals surface area contributed by atoms with Crippen molar-refractivity contribution in [2.75, 3.05) is 51.7 Å². The third-order valence-electron chi connectivity index (χ3n) is 6.66. The highest BCUT2D eigenvalue weighted by Gasteiger charge is 2.55. The van der Waals surface area contributed by atoms with Gasteiger partial charge >= 0.3 is 0 Å². The molecule has 2 fully saturated rings. The van der Waals surface area contributed by atoms with Gasteiger partial charge in [-0.1, -0.05) is 48.0 Å². The monoisotopic (exact) mass is 496 g/mol. The van der Waals surface area contributed by atoms with Crippen molar-refractivity contribution < 1.29 is 19.2 Å². The van der Waals surface area contributed by atoms with Crippen molar-refractivity contribution in [2.45, 2.75) is 18.3 Å². The minimum atomic E-state index is -1.39. The van der Waals surface area contributed by atoms with E-state index in [-0.39, 0.29) is 43.7 Å². The summed E-state index contributed by atoms with van der Waals surface area (Å²) in [5, 5.41) is 0.334. The second-order valence-corrected chi connectivity index (χ2v) is 9.67. The molecule has 0 saturated carbocycles. The predicted molar refractivity (Wildman–Crippen MR) is 133 cm³/mol. The highest BCUT2D eigenvalue weighted by Crippen LogP contribution is 2.43. The lowest BCUT2D eigenvalue weighted by Gasteiger charge is -2.36. The van der Waals surface area contributed by atoms with Gasteiger partial charge in [0.25, 0.3) is 0 Å². The van der Waals surface area contributed by atoms with Crippen LogP contribution in [-0.4, -0.2) is 85.1 Å². The number of likely N-dealkylation sites (tertiary alicyclic amines) is 1. The molecule has 4 rings (SSSR count). The minimum absolute atomic E-state index is 0.0845. The Morgan fingerprint density at radius 2 is 1.66 bits per heavy atom. The largest absolute Gasteiger partial charge is 0.332 e. The van der Waals surface area contributed by atoms with Crippen LogP contribution in [0.25, 0.3) is 0 Å². The van der Waals surface area contributed by atoms with Crippen LogP contribution in [0.3, 0.4) is 0 Å². The molecule has 8 nitrogen and oxygen atoms in total. The van der Waals surface area contributed by atoms with Crippen LogP contribution in [0.4, 0.5) is 5.69 Å². The first-order chi connectivity index (χ1) is 16.7. The zero-order valence-corrected chi connectivity index (χ0v) is 20.7. The molecule has 2 aliphatic rings. The third-order valence-corrected chi connectivity index (χ3v) is 6.99. The molecule has 0 bridgehead atoms. The van der Waals surface area contributed by atoms with Crippen molar-refractivity contribution in [3.8, 4) is 0 Å². The van der Waals surface area contributed by atoms with E-state index in [1.54, 1.807) is 29.2 Å². The predicted octanol–water partition coefficient (Wildman–Crippen LogP) is 2.16. The second kappa shape index (κ2) is 10.2. The zero-order valence-electron chi connectivity index (χ0n) is 19.9. The maximum atomic E-state index is 13.7. The maximum Gasteiger partial charge on any atom is 0.246 e. The van der Waals surface area contributed by atoms with Crippen molar-refractivity contribution in [3.63, 3.8) is 0 Å². The van der Waals surface area contributed by atoms with Gasteiger partial charge in [-0.15, -0.1) is 0 Å². The summed E-state index contributed by atoms with van der Waals surface area (Å²) in [7, 11) is 3.73. The van der Waals surface area contributed by atoms with E-state index in [1.807, 2.05) is 49.3 Å². The molecule has 0 spiro atoms. The number of rotatable bonds is 7.